The topological polar surface area (TPSA) is 83.8 Å². The van der Waals surface area contributed by atoms with Crippen LogP contribution < -0.4 is 5.32 Å². The van der Waals surface area contributed by atoms with Crippen LogP contribution in [-0.2, 0) is 21.4 Å². The largest absolute Gasteiger partial charge is 0.350 e. The minimum atomic E-state index is -3.82. The first-order valence-corrected chi connectivity index (χ1v) is 12.1. The van der Waals surface area contributed by atoms with Crippen molar-refractivity contribution in [2.45, 2.75) is 31.2 Å². The van der Waals surface area contributed by atoms with E-state index in [1.54, 1.807) is 6.07 Å². The lowest BCUT2D eigenvalue weighted by Gasteiger charge is -2.31. The molecule has 0 spiro atoms. The average Bonchev–Trinajstić information content (AvgIpc) is 3.14. The van der Waals surface area contributed by atoms with Gasteiger partial charge < -0.3 is 9.72 Å². The number of halogens is 2. The summed E-state index contributed by atoms with van der Waals surface area (Å²) in [5.74, 6) is -0.353. The van der Waals surface area contributed by atoms with Gasteiger partial charge in [-0.2, -0.15) is 4.31 Å². The van der Waals surface area contributed by atoms with Gasteiger partial charge in [0.25, 0.3) is 0 Å². The van der Waals surface area contributed by atoms with Gasteiger partial charge in [-0.15, -0.1) is 0 Å². The monoisotopic (exact) mass is 480 g/mol. The van der Waals surface area contributed by atoms with E-state index in [1.165, 1.54) is 16.4 Å². The van der Waals surface area contributed by atoms with E-state index >= 15 is 0 Å². The number of pyridine rings is 1. The normalized spacial score (nSPS) is 16.0. The molecule has 1 saturated heterocycles. The molecule has 1 N–H and O–H groups in total. The van der Waals surface area contributed by atoms with Crippen LogP contribution in [0.2, 0.25) is 10.0 Å². The van der Waals surface area contributed by atoms with Gasteiger partial charge >= 0.3 is 0 Å². The number of carbonyl (C=O) groups is 1. The Morgan fingerprint density at radius 1 is 1.19 bits per heavy atom. The van der Waals surface area contributed by atoms with Crippen molar-refractivity contribution >= 4 is 44.8 Å². The average molecular weight is 481 g/mol. The number of nitrogens with zero attached hydrogens (tertiary/aromatic N) is 3. The summed E-state index contributed by atoms with van der Waals surface area (Å²) in [4.78, 5) is 17.1. The molecule has 1 aliphatic heterocycles. The van der Waals surface area contributed by atoms with Gasteiger partial charge in [-0.05, 0) is 49.6 Å². The number of imidazole rings is 1. The van der Waals surface area contributed by atoms with Gasteiger partial charge in [0.1, 0.15) is 10.5 Å². The van der Waals surface area contributed by atoms with Crippen molar-refractivity contribution in [3.63, 3.8) is 0 Å². The van der Waals surface area contributed by atoms with Gasteiger partial charge in [0, 0.05) is 31.4 Å². The van der Waals surface area contributed by atoms with Crippen LogP contribution in [0.5, 0.6) is 0 Å². The number of nitrogens with one attached hydrogen (secondary N) is 1. The summed E-state index contributed by atoms with van der Waals surface area (Å²) in [5, 5.41) is 3.11. The van der Waals surface area contributed by atoms with E-state index in [4.69, 9.17) is 23.2 Å². The number of benzene rings is 1. The number of sulfonamides is 1. The summed E-state index contributed by atoms with van der Waals surface area (Å²) in [6.07, 6.45) is 4.68. The van der Waals surface area contributed by atoms with Crippen molar-refractivity contribution in [2.75, 3.05) is 13.1 Å². The summed E-state index contributed by atoms with van der Waals surface area (Å²) in [5.41, 5.74) is 2.72. The highest BCUT2D eigenvalue weighted by Gasteiger charge is 2.34. The molecule has 3 aromatic rings. The number of hydrogen-bond acceptors (Lipinski definition) is 4. The second-order valence-corrected chi connectivity index (χ2v) is 10.3. The Bertz CT molecular complexity index is 1210. The number of rotatable bonds is 5. The van der Waals surface area contributed by atoms with Crippen molar-refractivity contribution < 1.29 is 13.2 Å². The number of hydrogen-bond donors (Lipinski definition) is 1. The molecule has 7 nitrogen and oxygen atoms in total. The van der Waals surface area contributed by atoms with Gasteiger partial charge in [0.05, 0.1) is 22.3 Å². The Labute approximate surface area is 191 Å². The Morgan fingerprint density at radius 2 is 1.87 bits per heavy atom. The van der Waals surface area contributed by atoms with E-state index in [0.717, 1.165) is 16.9 Å². The lowest BCUT2D eigenvalue weighted by atomic mass is 9.97. The highest BCUT2D eigenvalue weighted by atomic mass is 35.5. The molecular weight excluding hydrogens is 459 g/mol. The van der Waals surface area contributed by atoms with Crippen LogP contribution in [-0.4, -0.2) is 41.1 Å². The molecule has 0 saturated carbocycles. The van der Waals surface area contributed by atoms with Crippen molar-refractivity contribution in [1.82, 2.24) is 19.0 Å². The van der Waals surface area contributed by atoms with Gasteiger partial charge in [-0.3, -0.25) is 4.79 Å². The van der Waals surface area contributed by atoms with Gasteiger partial charge in [-0.25, -0.2) is 13.4 Å². The minimum Gasteiger partial charge on any atom is -0.350 e. The lowest BCUT2D eigenvalue weighted by molar-refractivity contribution is -0.126. The number of aryl methyl sites for hydroxylation is 1. The lowest BCUT2D eigenvalue weighted by Crippen LogP contribution is -2.43. The summed E-state index contributed by atoms with van der Waals surface area (Å²) in [7, 11) is -3.82. The third-order valence-electron chi connectivity index (χ3n) is 5.45. The van der Waals surface area contributed by atoms with Crippen LogP contribution in [0.4, 0.5) is 0 Å². The zero-order valence-electron chi connectivity index (χ0n) is 16.9. The van der Waals surface area contributed by atoms with E-state index in [1.807, 2.05) is 35.9 Å². The van der Waals surface area contributed by atoms with Crippen LogP contribution in [0.15, 0.2) is 47.6 Å². The Morgan fingerprint density at radius 3 is 2.55 bits per heavy atom. The molecule has 1 amide bonds. The van der Waals surface area contributed by atoms with E-state index in [2.05, 4.69) is 10.3 Å². The maximum absolute atomic E-state index is 13.0. The molecule has 0 bridgehead atoms. The summed E-state index contributed by atoms with van der Waals surface area (Å²) >= 11 is 12.2. The quantitative estimate of drug-likeness (QED) is 0.603. The number of aromatic nitrogens is 2. The number of amides is 1. The minimum absolute atomic E-state index is 0.0803. The molecule has 0 radical (unpaired) electrons. The fourth-order valence-electron chi connectivity index (χ4n) is 3.76. The van der Waals surface area contributed by atoms with Crippen molar-refractivity contribution in [1.29, 1.82) is 0 Å². The maximum atomic E-state index is 13.0. The van der Waals surface area contributed by atoms with Crippen LogP contribution in [0.25, 0.3) is 5.65 Å². The van der Waals surface area contributed by atoms with Crippen molar-refractivity contribution in [3.05, 3.63) is 64.0 Å². The summed E-state index contributed by atoms with van der Waals surface area (Å²) in [6.45, 7) is 2.79. The first-order chi connectivity index (χ1) is 14.8. The van der Waals surface area contributed by atoms with Crippen LogP contribution in [0.3, 0.4) is 0 Å². The fraction of sp³-hybridized carbons (Fsp3) is 0.333. The van der Waals surface area contributed by atoms with Gasteiger partial charge in [-0.1, -0.05) is 29.3 Å². The molecule has 1 fully saturated rings. The molecule has 31 heavy (non-hydrogen) atoms. The molecule has 164 valence electrons. The predicted molar refractivity (Wildman–Crippen MR) is 120 cm³/mol. The number of fused-ring (bicyclic) bond motifs is 1. The number of piperidine rings is 1. The highest BCUT2D eigenvalue weighted by Crippen LogP contribution is 2.33. The molecular formula is C21H22Cl2N4O3S. The maximum Gasteiger partial charge on any atom is 0.246 e. The Balaban J connectivity index is 1.36. The van der Waals surface area contributed by atoms with E-state index in [-0.39, 0.29) is 39.9 Å². The van der Waals surface area contributed by atoms with Gasteiger partial charge in [0.15, 0.2) is 0 Å². The van der Waals surface area contributed by atoms with E-state index in [9.17, 15) is 13.2 Å². The van der Waals surface area contributed by atoms with Crippen LogP contribution >= 0.6 is 23.2 Å². The third-order valence-corrected chi connectivity index (χ3v) is 8.31. The molecule has 10 heteroatoms. The molecule has 1 aliphatic rings. The SMILES string of the molecule is Cc1ccn2cc(CNC(=O)C3CCN(S(=O)(=O)c4c(Cl)cccc4Cl)CC3)nc2c1. The molecule has 0 unspecified atom stereocenters. The zero-order chi connectivity index (χ0) is 22.2. The first-order valence-electron chi connectivity index (χ1n) is 9.92. The fourth-order valence-corrected chi connectivity index (χ4v) is 6.32. The highest BCUT2D eigenvalue weighted by molar-refractivity contribution is 7.89. The third kappa shape index (κ3) is 4.57. The van der Waals surface area contributed by atoms with Crippen molar-refractivity contribution in [3.8, 4) is 0 Å². The molecule has 1 aromatic carbocycles. The Hall–Kier alpha value is -2.13. The zero-order valence-corrected chi connectivity index (χ0v) is 19.2. The van der Waals surface area contributed by atoms with E-state index < -0.39 is 10.0 Å². The second-order valence-electron chi connectivity index (χ2n) is 7.65. The Kier molecular flexibility index (Phi) is 6.25. The molecule has 4 rings (SSSR count). The van der Waals surface area contributed by atoms with Crippen LogP contribution in [0, 0.1) is 12.8 Å². The first kappa shape index (κ1) is 22.1. The smallest absolute Gasteiger partial charge is 0.246 e. The second kappa shape index (κ2) is 8.78. The molecule has 2 aromatic heterocycles. The molecule has 0 atom stereocenters. The van der Waals surface area contributed by atoms with E-state index in [0.29, 0.717) is 19.4 Å². The standard InChI is InChI=1S/C21H22Cl2N4O3S/c1-14-5-8-26-13-16(25-19(26)11-14)12-24-21(28)15-6-9-27(10-7-15)31(29,30)20-17(22)3-2-4-18(20)23/h2-5,8,11,13,15H,6-7,9-10,12H2,1H3,(H,24,28). The summed E-state index contributed by atoms with van der Waals surface area (Å²) in [6, 6.07) is 8.58. The number of carbonyl (C=O) groups excluding carboxylic acids is 1. The predicted octanol–water partition coefficient (Wildman–Crippen LogP) is 3.67. The summed E-state index contributed by atoms with van der Waals surface area (Å²) < 4.78 is 29.2. The molecule has 0 aliphatic carbocycles. The van der Waals surface area contributed by atoms with Gasteiger partial charge in [0.2, 0.25) is 15.9 Å². The molecule has 3 heterocycles. The van der Waals surface area contributed by atoms with Crippen molar-refractivity contribution in [2.24, 2.45) is 5.92 Å². The van der Waals surface area contributed by atoms with Crippen LogP contribution in [0.1, 0.15) is 24.1 Å².